The van der Waals surface area contributed by atoms with Crippen LogP contribution in [-0.2, 0) is 6.42 Å². The summed E-state index contributed by atoms with van der Waals surface area (Å²) in [4.78, 5) is 21.0. The summed E-state index contributed by atoms with van der Waals surface area (Å²) in [5, 5.41) is 4.35. The fraction of sp³-hybridized carbons (Fsp3) is 0.0200. The number of fused-ring (bicyclic) bond motifs is 11. The van der Waals surface area contributed by atoms with Crippen LogP contribution in [0.4, 0.5) is 39.8 Å². The summed E-state index contributed by atoms with van der Waals surface area (Å²) in [6.45, 7) is 0. The molecule has 5 heteroatoms. The molecular weight excluding hydrogens is 671 g/mol. The summed E-state index contributed by atoms with van der Waals surface area (Å²) in [6, 6.07) is 59.6. The lowest BCUT2D eigenvalue weighted by atomic mass is 9.94. The molecule has 55 heavy (non-hydrogen) atoms. The fourth-order valence-electron chi connectivity index (χ4n) is 8.36. The van der Waals surface area contributed by atoms with Gasteiger partial charge in [-0.3, -0.25) is 0 Å². The van der Waals surface area contributed by atoms with Crippen LogP contribution in [0.25, 0.3) is 50.0 Å². The van der Waals surface area contributed by atoms with Gasteiger partial charge in [0.1, 0.15) is 0 Å². The van der Waals surface area contributed by atoms with Crippen LogP contribution in [-0.4, -0.2) is 9.97 Å². The predicted octanol–water partition coefficient (Wildman–Crippen LogP) is 11.7. The number of hydrogen-bond acceptors (Lipinski definition) is 5. The smallest absolute Gasteiger partial charge is 0.0996 e. The van der Waals surface area contributed by atoms with Gasteiger partial charge < -0.3 is 9.80 Å². The number of para-hydroxylation sites is 4. The molecule has 258 valence electrons. The number of nitrogens with zero attached hydrogens (tertiary/aromatic N) is 5. The zero-order valence-electron chi connectivity index (χ0n) is 29.8. The van der Waals surface area contributed by atoms with Crippen LogP contribution in [0.5, 0.6) is 0 Å². The third kappa shape index (κ3) is 5.05. The molecule has 0 bridgehead atoms. The molecule has 0 N–H and O–H groups in total. The Morgan fingerprint density at radius 2 is 1.09 bits per heavy atom. The number of hydrogen-bond donors (Lipinski definition) is 0. The van der Waals surface area contributed by atoms with Crippen LogP contribution in [0.3, 0.4) is 0 Å². The van der Waals surface area contributed by atoms with Crippen LogP contribution in [0.15, 0.2) is 187 Å². The van der Waals surface area contributed by atoms with Gasteiger partial charge in [0.25, 0.3) is 0 Å². The number of benzene rings is 8. The maximum atomic E-state index is 5.68. The Labute approximate surface area is 318 Å². The standard InChI is InChI=1S/C50H33N5/c1-5-16-33(17-6-1)54(34-18-7-2-8-19-34)37-28-29-39-38-24-13-14-25-40(38)48-49(41(39)32-37)53-50-44(52-48)31-30-43-47(50)46-42(51-43)26-15-27-45(46)55(35-20-9-3-10-21-35)36-22-11-4-12-23-36/h1-24,26-32H,25H2. The molecule has 5 nitrogen and oxygen atoms in total. The highest BCUT2D eigenvalue weighted by Gasteiger charge is 2.27. The van der Waals surface area contributed by atoms with Gasteiger partial charge in [-0.1, -0.05) is 103 Å². The largest absolute Gasteiger partial charge is 0.310 e. The maximum absolute atomic E-state index is 5.68. The van der Waals surface area contributed by atoms with E-state index in [1.807, 2.05) is 0 Å². The van der Waals surface area contributed by atoms with Crippen molar-refractivity contribution < 1.29 is 0 Å². The highest BCUT2D eigenvalue weighted by atomic mass is 15.2. The predicted molar refractivity (Wildman–Crippen MR) is 227 cm³/mol. The molecule has 1 aliphatic heterocycles. The minimum atomic E-state index is 0.802. The summed E-state index contributed by atoms with van der Waals surface area (Å²) >= 11 is 0. The van der Waals surface area contributed by atoms with Crippen molar-refractivity contribution in [1.29, 1.82) is 0 Å². The van der Waals surface area contributed by atoms with Crippen molar-refractivity contribution in [3.05, 3.63) is 198 Å². The molecule has 0 unspecified atom stereocenters. The first-order valence-electron chi connectivity index (χ1n) is 18.7. The molecule has 2 aliphatic rings. The zero-order chi connectivity index (χ0) is 36.3. The average Bonchev–Trinajstić information content (AvgIpc) is 3.65. The van der Waals surface area contributed by atoms with Crippen molar-refractivity contribution in [2.24, 2.45) is 4.99 Å². The van der Waals surface area contributed by atoms with Crippen LogP contribution in [0.2, 0.25) is 0 Å². The highest BCUT2D eigenvalue weighted by Crippen LogP contribution is 2.47. The van der Waals surface area contributed by atoms with Crippen molar-refractivity contribution >= 4 is 78.7 Å². The van der Waals surface area contributed by atoms with E-state index >= 15 is 0 Å². The van der Waals surface area contributed by atoms with E-state index in [1.54, 1.807) is 0 Å². The molecule has 8 aromatic carbocycles. The van der Waals surface area contributed by atoms with Gasteiger partial charge in [-0.25, -0.2) is 15.0 Å². The first kappa shape index (κ1) is 31.2. The van der Waals surface area contributed by atoms with Crippen molar-refractivity contribution in [2.75, 3.05) is 9.80 Å². The molecule has 0 amide bonds. The first-order chi connectivity index (χ1) is 27.3. The molecule has 0 spiro atoms. The van der Waals surface area contributed by atoms with Crippen molar-refractivity contribution in [1.82, 2.24) is 9.97 Å². The SMILES string of the molecule is C1=CCc2c(c3ccc(N(c4ccccc4)c4ccccc4)cc3c3nc4c5c(ccc4nc23)=Nc2cccc(N(c3ccccc3)c3ccccc3)c2-5)=C1. The second-order valence-corrected chi connectivity index (χ2v) is 14.0. The lowest BCUT2D eigenvalue weighted by Crippen LogP contribution is -2.16. The van der Waals surface area contributed by atoms with Crippen molar-refractivity contribution in [3.63, 3.8) is 0 Å². The maximum Gasteiger partial charge on any atom is 0.0996 e. The Morgan fingerprint density at radius 1 is 0.455 bits per heavy atom. The van der Waals surface area contributed by atoms with E-state index in [4.69, 9.17) is 15.0 Å². The Hall–Kier alpha value is -7.37. The summed E-state index contributed by atoms with van der Waals surface area (Å²) in [5.74, 6) is 0. The molecule has 0 atom stereocenters. The van der Waals surface area contributed by atoms with Gasteiger partial charge in [0.15, 0.2) is 0 Å². The van der Waals surface area contributed by atoms with Gasteiger partial charge in [-0.2, -0.15) is 0 Å². The Balaban J connectivity index is 1.20. The fourth-order valence-corrected chi connectivity index (χ4v) is 8.36. The third-order valence-electron chi connectivity index (χ3n) is 10.8. The normalized spacial score (nSPS) is 12.5. The molecule has 0 fully saturated rings. The molecule has 11 rings (SSSR count). The van der Waals surface area contributed by atoms with E-state index in [9.17, 15) is 0 Å². The molecule has 0 saturated heterocycles. The minimum Gasteiger partial charge on any atom is -0.310 e. The number of aromatic nitrogens is 2. The van der Waals surface area contributed by atoms with Gasteiger partial charge in [-0.15, -0.1) is 0 Å². The molecular formula is C50H33N5. The number of rotatable bonds is 6. The van der Waals surface area contributed by atoms with E-state index in [1.165, 1.54) is 16.2 Å². The van der Waals surface area contributed by atoms with E-state index in [-0.39, 0.29) is 0 Å². The zero-order valence-corrected chi connectivity index (χ0v) is 29.8. The molecule has 0 radical (unpaired) electrons. The van der Waals surface area contributed by atoms with Crippen molar-refractivity contribution in [2.45, 2.75) is 6.42 Å². The quantitative estimate of drug-likeness (QED) is 0.128. The lowest BCUT2D eigenvalue weighted by molar-refractivity contribution is 1.23. The Morgan fingerprint density at radius 3 is 1.75 bits per heavy atom. The molecule has 9 aromatic rings. The monoisotopic (exact) mass is 703 g/mol. The van der Waals surface area contributed by atoms with E-state index in [2.05, 4.69) is 198 Å². The summed E-state index contributed by atoms with van der Waals surface area (Å²) in [7, 11) is 0. The minimum absolute atomic E-state index is 0.802. The van der Waals surface area contributed by atoms with Crippen LogP contribution >= 0.6 is 0 Å². The Kier molecular flexibility index (Phi) is 7.17. The van der Waals surface area contributed by atoms with Gasteiger partial charge >= 0.3 is 0 Å². The summed E-state index contributed by atoms with van der Waals surface area (Å²) in [6.07, 6.45) is 7.40. The first-order valence-corrected chi connectivity index (χ1v) is 18.7. The average molecular weight is 704 g/mol. The van der Waals surface area contributed by atoms with E-state index in [0.717, 1.165) is 90.2 Å². The summed E-state index contributed by atoms with van der Waals surface area (Å²) in [5.41, 5.74) is 14.2. The van der Waals surface area contributed by atoms with Gasteiger partial charge in [0, 0.05) is 45.0 Å². The van der Waals surface area contributed by atoms with Crippen LogP contribution < -0.4 is 20.4 Å². The van der Waals surface area contributed by atoms with Crippen molar-refractivity contribution in [3.8, 4) is 11.1 Å². The molecule has 1 aromatic heterocycles. The topological polar surface area (TPSA) is 44.6 Å². The third-order valence-corrected chi connectivity index (χ3v) is 10.8. The van der Waals surface area contributed by atoms with Gasteiger partial charge in [-0.05, 0) is 108 Å². The van der Waals surface area contributed by atoms with E-state index in [0.29, 0.717) is 0 Å². The number of allylic oxidation sites excluding steroid dienone is 2. The van der Waals surface area contributed by atoms with Gasteiger partial charge in [0.05, 0.1) is 38.8 Å². The van der Waals surface area contributed by atoms with Crippen LogP contribution in [0, 0.1) is 0 Å². The van der Waals surface area contributed by atoms with Crippen LogP contribution in [0.1, 0.15) is 5.56 Å². The highest BCUT2D eigenvalue weighted by molar-refractivity contribution is 6.12. The second kappa shape index (κ2) is 12.6. The van der Waals surface area contributed by atoms with Gasteiger partial charge in [0.2, 0.25) is 0 Å². The second-order valence-electron chi connectivity index (χ2n) is 14.0. The molecule has 0 saturated carbocycles. The lowest BCUT2D eigenvalue weighted by Gasteiger charge is -2.27. The molecule has 2 heterocycles. The number of anilines is 6. The Bertz CT molecular complexity index is 3030. The molecule has 1 aliphatic carbocycles. The van der Waals surface area contributed by atoms with E-state index < -0.39 is 0 Å². The summed E-state index contributed by atoms with van der Waals surface area (Å²) < 4.78 is 0.